The van der Waals surface area contributed by atoms with Crippen molar-refractivity contribution in [2.24, 2.45) is 0 Å². The number of para-hydroxylation sites is 2. The molecule has 0 aliphatic carbocycles. The third-order valence-electron chi connectivity index (χ3n) is 6.40. The van der Waals surface area contributed by atoms with Gasteiger partial charge in [0.05, 0.1) is 22.9 Å². The van der Waals surface area contributed by atoms with Gasteiger partial charge in [0.25, 0.3) is 5.56 Å². The lowest BCUT2D eigenvalue weighted by atomic mass is 10.1. The van der Waals surface area contributed by atoms with Crippen molar-refractivity contribution in [3.8, 4) is 45.6 Å². The van der Waals surface area contributed by atoms with Crippen LogP contribution in [0.25, 0.3) is 39.4 Å². The minimum absolute atomic E-state index is 0.246. The Morgan fingerprint density at radius 2 is 1.74 bits per heavy atom. The number of rotatable bonds is 5. The van der Waals surface area contributed by atoms with Crippen LogP contribution >= 0.6 is 11.3 Å². The van der Waals surface area contributed by atoms with Crippen molar-refractivity contribution in [1.82, 2.24) is 24.4 Å². The molecule has 0 N–H and O–H groups in total. The average molecular weight is 536 g/mol. The fourth-order valence-electron chi connectivity index (χ4n) is 4.54. The second kappa shape index (κ2) is 9.41. The van der Waals surface area contributed by atoms with Gasteiger partial charge in [-0.15, -0.1) is 5.10 Å². The van der Waals surface area contributed by atoms with Crippen molar-refractivity contribution in [2.45, 2.75) is 0 Å². The number of hydrogen-bond donors (Lipinski definition) is 0. The van der Waals surface area contributed by atoms with Crippen molar-refractivity contribution in [3.63, 3.8) is 0 Å². The molecule has 6 aromatic rings. The van der Waals surface area contributed by atoms with E-state index >= 15 is 0 Å². The Morgan fingerprint density at radius 1 is 0.949 bits per heavy atom. The SMILES string of the molecule is COc1ccccc1-c1nc2s/c(=C\c3cn(-c4ccccc4)nc3-c3ccc4c(c3)OCCO4)c(=O)n2n1. The molecule has 0 fully saturated rings. The number of hydrogen-bond acceptors (Lipinski definition) is 8. The predicted octanol–water partition coefficient (Wildman–Crippen LogP) is 4.00. The van der Waals surface area contributed by atoms with Gasteiger partial charge in [-0.2, -0.15) is 14.6 Å². The van der Waals surface area contributed by atoms with E-state index in [-0.39, 0.29) is 5.56 Å². The molecule has 0 radical (unpaired) electrons. The molecule has 0 saturated heterocycles. The van der Waals surface area contributed by atoms with E-state index in [0.29, 0.717) is 51.5 Å². The summed E-state index contributed by atoms with van der Waals surface area (Å²) in [7, 11) is 1.60. The van der Waals surface area contributed by atoms with Crippen molar-refractivity contribution in [1.29, 1.82) is 0 Å². The molecule has 4 heterocycles. The number of benzene rings is 3. The molecule has 0 saturated carbocycles. The molecule has 0 spiro atoms. The van der Waals surface area contributed by atoms with Gasteiger partial charge in [-0.3, -0.25) is 4.79 Å². The summed E-state index contributed by atoms with van der Waals surface area (Å²) in [6, 6.07) is 23.0. The van der Waals surface area contributed by atoms with Gasteiger partial charge >= 0.3 is 0 Å². The molecule has 9 nitrogen and oxygen atoms in total. The Morgan fingerprint density at radius 3 is 2.56 bits per heavy atom. The van der Waals surface area contributed by atoms with E-state index in [0.717, 1.165) is 22.4 Å². The lowest BCUT2D eigenvalue weighted by Gasteiger charge is -2.18. The van der Waals surface area contributed by atoms with Crippen LogP contribution in [0.15, 0.2) is 83.8 Å². The predicted molar refractivity (Wildman–Crippen MR) is 148 cm³/mol. The molecule has 3 aromatic heterocycles. The Hall–Kier alpha value is -4.96. The molecular weight excluding hydrogens is 514 g/mol. The Bertz CT molecular complexity index is 1940. The fraction of sp³-hybridized carbons (Fsp3) is 0.103. The van der Waals surface area contributed by atoms with E-state index in [1.165, 1.54) is 15.9 Å². The molecule has 39 heavy (non-hydrogen) atoms. The van der Waals surface area contributed by atoms with Crippen LogP contribution in [0.4, 0.5) is 0 Å². The lowest BCUT2D eigenvalue weighted by molar-refractivity contribution is 0.171. The minimum Gasteiger partial charge on any atom is -0.496 e. The Balaban J connectivity index is 1.36. The first-order valence-electron chi connectivity index (χ1n) is 12.3. The Labute approximate surface area is 226 Å². The first-order valence-corrected chi connectivity index (χ1v) is 13.1. The van der Waals surface area contributed by atoms with Gasteiger partial charge in [0.2, 0.25) is 4.96 Å². The standard InChI is InChI=1S/C29H21N5O4S/c1-36-22-10-6-5-9-21(22)27-30-29-34(32-27)28(35)25(39-29)16-19-17-33(20-7-3-2-4-8-20)31-26(19)18-11-12-23-24(15-18)38-14-13-37-23/h2-12,15-17H,13-14H2,1H3/b25-16-. The van der Waals surface area contributed by atoms with Crippen molar-refractivity contribution in [3.05, 3.63) is 99.4 Å². The summed E-state index contributed by atoms with van der Waals surface area (Å²) in [5.41, 5.74) is 3.73. The molecule has 1 aliphatic rings. The zero-order valence-corrected chi connectivity index (χ0v) is 21.6. The zero-order valence-electron chi connectivity index (χ0n) is 20.8. The summed E-state index contributed by atoms with van der Waals surface area (Å²) in [4.78, 5) is 18.5. The van der Waals surface area contributed by atoms with Crippen LogP contribution in [0.2, 0.25) is 0 Å². The average Bonchev–Trinajstić information content (AvgIpc) is 3.68. The van der Waals surface area contributed by atoms with Crippen LogP contribution in [0.1, 0.15) is 5.56 Å². The summed E-state index contributed by atoms with van der Waals surface area (Å²) in [5.74, 6) is 2.46. The molecule has 0 amide bonds. The number of aromatic nitrogens is 5. The van der Waals surface area contributed by atoms with E-state index < -0.39 is 0 Å². The van der Waals surface area contributed by atoms with Crippen LogP contribution in [-0.4, -0.2) is 44.7 Å². The summed E-state index contributed by atoms with van der Waals surface area (Å²) in [6.45, 7) is 1.01. The van der Waals surface area contributed by atoms with Crippen molar-refractivity contribution < 1.29 is 14.2 Å². The van der Waals surface area contributed by atoms with Gasteiger partial charge < -0.3 is 14.2 Å². The second-order valence-corrected chi connectivity index (χ2v) is 9.83. The van der Waals surface area contributed by atoms with E-state index in [2.05, 4.69) is 10.1 Å². The van der Waals surface area contributed by atoms with Crippen LogP contribution < -0.4 is 24.3 Å². The maximum atomic E-state index is 13.4. The molecule has 0 bridgehead atoms. The van der Waals surface area contributed by atoms with Crippen molar-refractivity contribution >= 4 is 22.4 Å². The molecule has 10 heteroatoms. The quantitative estimate of drug-likeness (QED) is 0.330. The molecular formula is C29H21N5O4S. The molecule has 1 aliphatic heterocycles. The maximum absolute atomic E-state index is 13.4. The van der Waals surface area contributed by atoms with E-state index in [9.17, 15) is 4.79 Å². The molecule has 0 unspecified atom stereocenters. The second-order valence-electron chi connectivity index (χ2n) is 8.82. The highest BCUT2D eigenvalue weighted by Crippen LogP contribution is 2.35. The number of fused-ring (bicyclic) bond motifs is 2. The molecule has 192 valence electrons. The number of thiazole rings is 1. The van der Waals surface area contributed by atoms with Gasteiger partial charge in [-0.25, -0.2) is 4.68 Å². The molecule has 0 atom stereocenters. The zero-order chi connectivity index (χ0) is 26.3. The van der Waals surface area contributed by atoms with E-state index in [4.69, 9.17) is 19.3 Å². The van der Waals surface area contributed by atoms with Crippen molar-refractivity contribution in [2.75, 3.05) is 20.3 Å². The molecule has 7 rings (SSSR count). The molecule has 3 aromatic carbocycles. The third-order valence-corrected chi connectivity index (χ3v) is 7.35. The monoisotopic (exact) mass is 535 g/mol. The number of nitrogens with zero attached hydrogens (tertiary/aromatic N) is 5. The lowest BCUT2D eigenvalue weighted by Crippen LogP contribution is -2.23. The van der Waals surface area contributed by atoms with Gasteiger partial charge in [-0.05, 0) is 48.5 Å². The van der Waals surface area contributed by atoms with Crippen LogP contribution in [0.3, 0.4) is 0 Å². The van der Waals surface area contributed by atoms with Gasteiger partial charge in [0.1, 0.15) is 24.7 Å². The number of ether oxygens (including phenoxy) is 3. The fourth-order valence-corrected chi connectivity index (χ4v) is 5.44. The minimum atomic E-state index is -0.246. The summed E-state index contributed by atoms with van der Waals surface area (Å²) in [5, 5.41) is 9.37. The highest BCUT2D eigenvalue weighted by molar-refractivity contribution is 7.15. The van der Waals surface area contributed by atoms with Gasteiger partial charge in [0.15, 0.2) is 17.3 Å². The Kier molecular flexibility index (Phi) is 5.59. The van der Waals surface area contributed by atoms with Crippen LogP contribution in [0.5, 0.6) is 17.2 Å². The summed E-state index contributed by atoms with van der Waals surface area (Å²) >= 11 is 1.28. The third kappa shape index (κ3) is 4.11. The van der Waals surface area contributed by atoms with E-state index in [1.54, 1.807) is 11.8 Å². The van der Waals surface area contributed by atoms with Gasteiger partial charge in [0, 0.05) is 17.3 Å². The van der Waals surface area contributed by atoms with Gasteiger partial charge in [-0.1, -0.05) is 41.7 Å². The normalized spacial score (nSPS) is 13.2. The van der Waals surface area contributed by atoms with E-state index in [1.807, 2.05) is 85.1 Å². The summed E-state index contributed by atoms with van der Waals surface area (Å²) < 4.78 is 20.6. The first kappa shape index (κ1) is 23.2. The smallest absolute Gasteiger partial charge is 0.291 e. The highest BCUT2D eigenvalue weighted by atomic mass is 32.1. The number of methoxy groups -OCH3 is 1. The first-order chi connectivity index (χ1) is 19.2. The topological polar surface area (TPSA) is 92.8 Å². The highest BCUT2D eigenvalue weighted by Gasteiger charge is 2.18. The van der Waals surface area contributed by atoms with Crippen LogP contribution in [0, 0.1) is 0 Å². The maximum Gasteiger partial charge on any atom is 0.291 e. The summed E-state index contributed by atoms with van der Waals surface area (Å²) in [6.07, 6.45) is 3.75. The largest absolute Gasteiger partial charge is 0.496 e. The van der Waals surface area contributed by atoms with Crippen LogP contribution in [-0.2, 0) is 0 Å².